The fraction of sp³-hybridized carbons (Fsp3) is 0.455. The minimum absolute atomic E-state index is 0.0616. The maximum absolute atomic E-state index is 12.9. The predicted molar refractivity (Wildman–Crippen MR) is 58.0 cm³/mol. The molecule has 0 bridgehead atoms. The van der Waals surface area contributed by atoms with Crippen LogP contribution in [0.2, 0.25) is 0 Å². The Hall–Kier alpha value is -1.77. The molecule has 0 atom stereocenters. The Kier molecular flexibility index (Phi) is 4.98. The van der Waals surface area contributed by atoms with Crippen LogP contribution in [0.25, 0.3) is 0 Å². The molecular formula is C11H11F5N2O2. The van der Waals surface area contributed by atoms with E-state index in [9.17, 15) is 26.7 Å². The lowest BCUT2D eigenvalue weighted by Crippen LogP contribution is -2.20. The average Bonchev–Trinajstić information content (AvgIpc) is 2.35. The van der Waals surface area contributed by atoms with E-state index in [-0.39, 0.29) is 6.61 Å². The van der Waals surface area contributed by atoms with E-state index in [2.05, 4.69) is 9.72 Å². The van der Waals surface area contributed by atoms with Crippen LogP contribution in [0.1, 0.15) is 40.5 Å². The Morgan fingerprint density at radius 3 is 2.45 bits per heavy atom. The van der Waals surface area contributed by atoms with Crippen LogP contribution in [-0.4, -0.2) is 17.6 Å². The maximum Gasteiger partial charge on any atom is 0.433 e. The Morgan fingerprint density at radius 1 is 1.45 bits per heavy atom. The summed E-state index contributed by atoms with van der Waals surface area (Å²) in [5, 5.41) is 0. The highest BCUT2D eigenvalue weighted by Gasteiger charge is 2.40. The van der Waals surface area contributed by atoms with Gasteiger partial charge in [0, 0.05) is 12.7 Å². The van der Waals surface area contributed by atoms with Crippen molar-refractivity contribution in [3.8, 4) is 0 Å². The van der Waals surface area contributed by atoms with Crippen molar-refractivity contribution >= 4 is 5.97 Å². The van der Waals surface area contributed by atoms with Gasteiger partial charge in [-0.1, -0.05) is 0 Å². The molecule has 1 rings (SSSR count). The van der Waals surface area contributed by atoms with Gasteiger partial charge in [-0.2, -0.15) is 13.2 Å². The summed E-state index contributed by atoms with van der Waals surface area (Å²) in [5.41, 5.74) is 0.968. The van der Waals surface area contributed by atoms with Crippen molar-refractivity contribution in [2.45, 2.75) is 26.1 Å². The summed E-state index contributed by atoms with van der Waals surface area (Å²) in [4.78, 5) is 14.4. The lowest BCUT2D eigenvalue weighted by atomic mass is 10.0. The van der Waals surface area contributed by atoms with Gasteiger partial charge in [-0.3, -0.25) is 4.98 Å². The van der Waals surface area contributed by atoms with Gasteiger partial charge >= 0.3 is 12.1 Å². The molecule has 0 aliphatic heterocycles. The van der Waals surface area contributed by atoms with Gasteiger partial charge in [0.1, 0.15) is 0 Å². The Balaban J connectivity index is 3.54. The van der Waals surface area contributed by atoms with Gasteiger partial charge in [0.25, 0.3) is 6.43 Å². The molecule has 0 saturated heterocycles. The second kappa shape index (κ2) is 6.12. The van der Waals surface area contributed by atoms with Crippen molar-refractivity contribution in [2.75, 3.05) is 6.61 Å². The van der Waals surface area contributed by atoms with E-state index in [1.807, 2.05) is 0 Å². The third-order valence-corrected chi connectivity index (χ3v) is 2.41. The van der Waals surface area contributed by atoms with E-state index in [1.54, 1.807) is 0 Å². The van der Waals surface area contributed by atoms with Crippen molar-refractivity contribution in [1.29, 1.82) is 0 Å². The molecule has 112 valence electrons. The first-order chi connectivity index (χ1) is 9.23. The number of hydrogen-bond donors (Lipinski definition) is 1. The van der Waals surface area contributed by atoms with Crippen molar-refractivity contribution in [3.05, 3.63) is 28.6 Å². The summed E-state index contributed by atoms with van der Waals surface area (Å²) in [6.45, 7) is 0.735. The molecule has 4 nitrogen and oxygen atoms in total. The lowest BCUT2D eigenvalue weighted by molar-refractivity contribution is -0.143. The number of halogens is 5. The number of rotatable bonds is 4. The SMILES string of the molecule is CCOC(=O)c1cnc(C(F)(F)F)c(C(F)F)c1CN. The van der Waals surface area contributed by atoms with Crippen LogP contribution >= 0.6 is 0 Å². The summed E-state index contributed by atoms with van der Waals surface area (Å²) in [6.07, 6.45) is -7.98. The van der Waals surface area contributed by atoms with Crippen LogP contribution in [0, 0.1) is 0 Å². The van der Waals surface area contributed by atoms with E-state index in [0.717, 1.165) is 0 Å². The summed E-state index contributed by atoms with van der Waals surface area (Å²) >= 11 is 0. The molecule has 0 amide bonds. The largest absolute Gasteiger partial charge is 0.462 e. The molecule has 9 heteroatoms. The second-order valence-electron chi connectivity index (χ2n) is 3.64. The molecule has 20 heavy (non-hydrogen) atoms. The highest BCUT2D eigenvalue weighted by atomic mass is 19.4. The maximum atomic E-state index is 12.9. The molecule has 0 aliphatic carbocycles. The zero-order chi connectivity index (χ0) is 15.5. The van der Waals surface area contributed by atoms with Gasteiger partial charge in [-0.05, 0) is 12.5 Å². The first-order valence-electron chi connectivity index (χ1n) is 5.48. The fourth-order valence-corrected chi connectivity index (χ4v) is 1.63. The number of carbonyl (C=O) groups excluding carboxylic acids is 1. The smallest absolute Gasteiger partial charge is 0.433 e. The molecule has 1 heterocycles. The van der Waals surface area contributed by atoms with Gasteiger partial charge in [-0.15, -0.1) is 0 Å². The van der Waals surface area contributed by atoms with Crippen molar-refractivity contribution in [2.24, 2.45) is 5.73 Å². The summed E-state index contributed by atoms with van der Waals surface area (Å²) < 4.78 is 68.3. The standard InChI is InChI=1S/C11H11F5N2O2/c1-2-20-10(19)6-4-18-8(11(14,15)16)7(9(12)13)5(6)3-17/h4,9H,2-3,17H2,1H3. The molecule has 2 N–H and O–H groups in total. The highest BCUT2D eigenvalue weighted by Crippen LogP contribution is 2.37. The van der Waals surface area contributed by atoms with Gasteiger partial charge in [-0.25, -0.2) is 13.6 Å². The van der Waals surface area contributed by atoms with Crippen molar-refractivity contribution in [1.82, 2.24) is 4.98 Å². The molecule has 0 radical (unpaired) electrons. The number of hydrogen-bond acceptors (Lipinski definition) is 4. The van der Waals surface area contributed by atoms with Gasteiger partial charge in [0.2, 0.25) is 0 Å². The van der Waals surface area contributed by atoms with Crippen LogP contribution in [0.3, 0.4) is 0 Å². The summed E-state index contributed by atoms with van der Waals surface area (Å²) in [6, 6.07) is 0. The van der Waals surface area contributed by atoms with E-state index >= 15 is 0 Å². The quantitative estimate of drug-likeness (QED) is 0.685. The van der Waals surface area contributed by atoms with Crippen LogP contribution in [0.15, 0.2) is 6.20 Å². The zero-order valence-electron chi connectivity index (χ0n) is 10.3. The van der Waals surface area contributed by atoms with E-state index in [4.69, 9.17) is 5.73 Å². The molecule has 0 fully saturated rings. The number of nitrogens with two attached hydrogens (primary N) is 1. The topological polar surface area (TPSA) is 65.2 Å². The van der Waals surface area contributed by atoms with Crippen LogP contribution < -0.4 is 5.73 Å². The van der Waals surface area contributed by atoms with Gasteiger partial charge < -0.3 is 10.5 Å². The first-order valence-corrected chi connectivity index (χ1v) is 5.48. The van der Waals surface area contributed by atoms with Crippen LogP contribution in [-0.2, 0) is 17.5 Å². The Labute approximate surface area is 110 Å². The molecule has 1 aromatic heterocycles. The molecular weight excluding hydrogens is 287 g/mol. The van der Waals surface area contributed by atoms with Crippen LogP contribution in [0.4, 0.5) is 22.0 Å². The minimum atomic E-state index is -5.07. The molecule has 0 spiro atoms. The molecule has 0 saturated carbocycles. The lowest BCUT2D eigenvalue weighted by Gasteiger charge is -2.17. The number of carbonyl (C=O) groups is 1. The summed E-state index contributed by atoms with van der Waals surface area (Å²) in [7, 11) is 0. The molecule has 0 unspecified atom stereocenters. The van der Waals surface area contributed by atoms with Crippen LogP contribution in [0.5, 0.6) is 0 Å². The van der Waals surface area contributed by atoms with Crippen molar-refractivity contribution in [3.63, 3.8) is 0 Å². The van der Waals surface area contributed by atoms with E-state index in [1.165, 1.54) is 6.92 Å². The predicted octanol–water partition coefficient (Wildman–Crippen LogP) is 2.67. The van der Waals surface area contributed by atoms with E-state index < -0.39 is 47.5 Å². The van der Waals surface area contributed by atoms with Gasteiger partial charge in [0.15, 0.2) is 5.69 Å². The number of aromatic nitrogens is 1. The zero-order valence-corrected chi connectivity index (χ0v) is 10.3. The highest BCUT2D eigenvalue weighted by molar-refractivity contribution is 5.91. The summed E-state index contributed by atoms with van der Waals surface area (Å²) in [5.74, 6) is -1.05. The number of esters is 1. The Bertz CT molecular complexity index is 502. The number of pyridine rings is 1. The van der Waals surface area contributed by atoms with Gasteiger partial charge in [0.05, 0.1) is 17.7 Å². The normalized spacial score (nSPS) is 11.8. The third kappa shape index (κ3) is 3.21. The average molecular weight is 298 g/mol. The Morgan fingerprint density at radius 2 is 2.05 bits per heavy atom. The third-order valence-electron chi connectivity index (χ3n) is 2.41. The molecule has 0 aliphatic rings. The first kappa shape index (κ1) is 16.3. The monoisotopic (exact) mass is 298 g/mol. The number of nitrogens with zero attached hydrogens (tertiary/aromatic N) is 1. The second-order valence-corrected chi connectivity index (χ2v) is 3.64. The molecule has 0 aromatic carbocycles. The number of ether oxygens (including phenoxy) is 1. The van der Waals surface area contributed by atoms with E-state index in [0.29, 0.717) is 6.20 Å². The fourth-order valence-electron chi connectivity index (χ4n) is 1.63. The van der Waals surface area contributed by atoms with Crippen molar-refractivity contribution < 1.29 is 31.5 Å². The minimum Gasteiger partial charge on any atom is -0.462 e. The number of alkyl halides is 5. The molecule has 1 aromatic rings.